The molecule has 1 aromatic heterocycles. The van der Waals surface area contributed by atoms with Gasteiger partial charge in [-0.1, -0.05) is 6.92 Å². The highest BCUT2D eigenvalue weighted by Crippen LogP contribution is 2.40. The van der Waals surface area contributed by atoms with Crippen LogP contribution < -0.4 is 5.32 Å². The topological polar surface area (TPSA) is 43.3 Å². The molecule has 0 aliphatic heterocycles. The Morgan fingerprint density at radius 2 is 2.04 bits per heavy atom. The minimum atomic E-state index is -0.284. The largest absolute Gasteiger partial charge is 0.468 e. The molecule has 0 radical (unpaired) electrons. The van der Waals surface area contributed by atoms with Gasteiger partial charge >= 0.3 is 5.97 Å². The van der Waals surface area contributed by atoms with Crippen molar-refractivity contribution in [1.82, 2.24) is 9.88 Å². The number of fused-ring (bicyclic) bond motifs is 1. The zero-order valence-electron chi connectivity index (χ0n) is 16.0. The highest BCUT2D eigenvalue weighted by Gasteiger charge is 2.27. The molecule has 0 saturated heterocycles. The quantitative estimate of drug-likeness (QED) is 0.782. The number of benzene rings is 1. The molecule has 0 amide bonds. The Morgan fingerprint density at radius 1 is 1.31 bits per heavy atom. The third kappa shape index (κ3) is 3.78. The summed E-state index contributed by atoms with van der Waals surface area (Å²) in [5, 5.41) is 4.56. The summed E-state index contributed by atoms with van der Waals surface area (Å²) >= 11 is 0. The van der Waals surface area contributed by atoms with Gasteiger partial charge in [-0.2, -0.15) is 0 Å². The van der Waals surface area contributed by atoms with Crippen molar-refractivity contribution < 1.29 is 13.9 Å². The van der Waals surface area contributed by atoms with E-state index < -0.39 is 0 Å². The lowest BCUT2D eigenvalue weighted by Crippen LogP contribution is -2.33. The number of aromatic nitrogens is 1. The van der Waals surface area contributed by atoms with Crippen LogP contribution in [0.25, 0.3) is 10.9 Å². The van der Waals surface area contributed by atoms with Gasteiger partial charge in [-0.25, -0.2) is 4.39 Å². The van der Waals surface area contributed by atoms with Crippen molar-refractivity contribution in [2.75, 3.05) is 13.7 Å². The van der Waals surface area contributed by atoms with Crippen LogP contribution in [0.1, 0.15) is 56.2 Å². The molecule has 0 unspecified atom stereocenters. The first kappa shape index (κ1) is 18.9. The van der Waals surface area contributed by atoms with Crippen LogP contribution in [0.15, 0.2) is 18.2 Å². The summed E-state index contributed by atoms with van der Waals surface area (Å²) in [7, 11) is 1.40. The molecular weight excluding hydrogens is 331 g/mol. The standard InChI is InChI=1S/C21H29FN2O2/c1-4-11-23-17-8-5-15(6-9-17)21-14(2)24(13-20(25)26-3)19-10-7-16(22)12-18(19)21/h7,10,12,15,17,23H,4-6,8-9,11,13H2,1-3H3. The minimum Gasteiger partial charge on any atom is -0.468 e. The molecular formula is C21H29FN2O2. The van der Waals surface area contributed by atoms with Crippen LogP contribution in [0.2, 0.25) is 0 Å². The smallest absolute Gasteiger partial charge is 0.325 e. The van der Waals surface area contributed by atoms with Gasteiger partial charge in [-0.3, -0.25) is 4.79 Å². The highest BCUT2D eigenvalue weighted by molar-refractivity contribution is 5.87. The molecule has 1 aliphatic rings. The first-order valence-electron chi connectivity index (χ1n) is 9.63. The van der Waals surface area contributed by atoms with Crippen molar-refractivity contribution in [3.63, 3.8) is 0 Å². The number of rotatable bonds is 6. The van der Waals surface area contributed by atoms with E-state index in [1.807, 2.05) is 11.5 Å². The summed E-state index contributed by atoms with van der Waals surface area (Å²) in [5.41, 5.74) is 3.17. The number of methoxy groups -OCH3 is 1. The van der Waals surface area contributed by atoms with Crippen LogP contribution in [-0.2, 0) is 16.1 Å². The van der Waals surface area contributed by atoms with Gasteiger partial charge < -0.3 is 14.6 Å². The van der Waals surface area contributed by atoms with Crippen molar-refractivity contribution in [1.29, 1.82) is 0 Å². The summed E-state index contributed by atoms with van der Waals surface area (Å²) < 4.78 is 20.8. The second-order valence-corrected chi connectivity index (χ2v) is 7.33. The Labute approximate surface area is 154 Å². The summed E-state index contributed by atoms with van der Waals surface area (Å²) in [5.74, 6) is -0.0986. The van der Waals surface area contributed by atoms with Gasteiger partial charge in [-0.15, -0.1) is 0 Å². The highest BCUT2D eigenvalue weighted by atomic mass is 19.1. The van der Waals surface area contributed by atoms with Crippen LogP contribution >= 0.6 is 0 Å². The molecule has 4 nitrogen and oxygen atoms in total. The fraction of sp³-hybridized carbons (Fsp3) is 0.571. The number of esters is 1. The van der Waals surface area contributed by atoms with Gasteiger partial charge in [-0.05, 0) is 75.3 Å². The van der Waals surface area contributed by atoms with E-state index in [2.05, 4.69) is 12.2 Å². The molecule has 142 valence electrons. The lowest BCUT2D eigenvalue weighted by atomic mass is 9.80. The number of ether oxygens (including phenoxy) is 1. The first-order valence-corrected chi connectivity index (χ1v) is 9.63. The number of nitrogens with zero attached hydrogens (tertiary/aromatic N) is 1. The van der Waals surface area contributed by atoms with E-state index in [9.17, 15) is 9.18 Å². The van der Waals surface area contributed by atoms with Crippen molar-refractivity contribution in [2.45, 2.75) is 64.5 Å². The van der Waals surface area contributed by atoms with Gasteiger partial charge in [0, 0.05) is 22.6 Å². The fourth-order valence-corrected chi connectivity index (χ4v) is 4.33. The second kappa shape index (κ2) is 8.21. The van der Waals surface area contributed by atoms with Crippen molar-refractivity contribution in [3.05, 3.63) is 35.3 Å². The first-order chi connectivity index (χ1) is 12.5. The molecule has 5 heteroatoms. The van der Waals surface area contributed by atoms with Gasteiger partial charge in [0.15, 0.2) is 0 Å². The summed E-state index contributed by atoms with van der Waals surface area (Å²) in [6, 6.07) is 5.45. The van der Waals surface area contributed by atoms with Gasteiger partial charge in [0.05, 0.1) is 7.11 Å². The Kier molecular flexibility index (Phi) is 5.97. The van der Waals surface area contributed by atoms with E-state index in [0.717, 1.165) is 55.2 Å². The number of carbonyl (C=O) groups is 1. The SMILES string of the molecule is CCCNC1CCC(c2c(C)n(CC(=O)OC)c3ccc(F)cc23)CC1. The van der Waals surface area contributed by atoms with E-state index >= 15 is 0 Å². The van der Waals surface area contributed by atoms with E-state index in [0.29, 0.717) is 12.0 Å². The molecule has 1 aliphatic carbocycles. The molecule has 1 heterocycles. The average Bonchev–Trinajstić information content (AvgIpc) is 2.91. The van der Waals surface area contributed by atoms with Crippen LogP contribution in [0.4, 0.5) is 4.39 Å². The van der Waals surface area contributed by atoms with Crippen molar-refractivity contribution >= 4 is 16.9 Å². The summed E-state index contributed by atoms with van der Waals surface area (Å²) in [6.07, 6.45) is 5.62. The Hall–Kier alpha value is -1.88. The van der Waals surface area contributed by atoms with E-state index in [-0.39, 0.29) is 18.3 Å². The molecule has 26 heavy (non-hydrogen) atoms. The van der Waals surface area contributed by atoms with Crippen LogP contribution in [0.3, 0.4) is 0 Å². The predicted molar refractivity (Wildman–Crippen MR) is 102 cm³/mol. The normalized spacial score (nSPS) is 20.5. The van der Waals surface area contributed by atoms with E-state index in [1.54, 1.807) is 12.1 Å². The number of hydrogen-bond acceptors (Lipinski definition) is 3. The Morgan fingerprint density at radius 3 is 2.69 bits per heavy atom. The zero-order valence-corrected chi connectivity index (χ0v) is 16.0. The third-order valence-corrected chi connectivity index (χ3v) is 5.67. The fourth-order valence-electron chi connectivity index (χ4n) is 4.33. The molecule has 0 atom stereocenters. The predicted octanol–water partition coefficient (Wildman–Crippen LogP) is 4.29. The van der Waals surface area contributed by atoms with Crippen LogP contribution in [0, 0.1) is 12.7 Å². The minimum absolute atomic E-state index is 0.165. The van der Waals surface area contributed by atoms with Gasteiger partial charge in [0.1, 0.15) is 12.4 Å². The van der Waals surface area contributed by atoms with Crippen LogP contribution in [0.5, 0.6) is 0 Å². The lowest BCUT2D eigenvalue weighted by molar-refractivity contribution is -0.141. The number of carbonyl (C=O) groups excluding carboxylic acids is 1. The second-order valence-electron chi connectivity index (χ2n) is 7.33. The molecule has 0 bridgehead atoms. The maximum Gasteiger partial charge on any atom is 0.325 e. The molecule has 1 saturated carbocycles. The Bertz CT molecular complexity index is 776. The average molecular weight is 360 g/mol. The summed E-state index contributed by atoms with van der Waals surface area (Å²) in [6.45, 7) is 5.46. The molecule has 1 fully saturated rings. The lowest BCUT2D eigenvalue weighted by Gasteiger charge is -2.29. The molecule has 3 rings (SSSR count). The van der Waals surface area contributed by atoms with Crippen molar-refractivity contribution in [2.24, 2.45) is 0 Å². The molecule has 1 aromatic carbocycles. The third-order valence-electron chi connectivity index (χ3n) is 5.67. The van der Waals surface area contributed by atoms with Gasteiger partial charge in [0.2, 0.25) is 0 Å². The number of nitrogens with one attached hydrogen (secondary N) is 1. The molecule has 2 aromatic rings. The Balaban J connectivity index is 1.92. The molecule has 0 spiro atoms. The maximum absolute atomic E-state index is 13.9. The van der Waals surface area contributed by atoms with Crippen molar-refractivity contribution in [3.8, 4) is 0 Å². The van der Waals surface area contributed by atoms with Gasteiger partial charge in [0.25, 0.3) is 0 Å². The molecule has 1 N–H and O–H groups in total. The number of hydrogen-bond donors (Lipinski definition) is 1. The monoisotopic (exact) mass is 360 g/mol. The van der Waals surface area contributed by atoms with E-state index in [4.69, 9.17) is 4.74 Å². The van der Waals surface area contributed by atoms with Crippen LogP contribution in [-0.4, -0.2) is 30.2 Å². The number of halogens is 1. The summed E-state index contributed by atoms with van der Waals surface area (Å²) in [4.78, 5) is 11.8. The van der Waals surface area contributed by atoms with E-state index in [1.165, 1.54) is 18.7 Å². The maximum atomic E-state index is 13.9. The zero-order chi connectivity index (χ0) is 18.7.